The van der Waals surface area contributed by atoms with E-state index >= 15 is 0 Å². The molecule has 1 aromatic heterocycles. The third-order valence-electron chi connectivity index (χ3n) is 8.16. The molecule has 3 aliphatic heterocycles. The van der Waals surface area contributed by atoms with Crippen LogP contribution in [0.3, 0.4) is 0 Å². The van der Waals surface area contributed by atoms with Crippen molar-refractivity contribution >= 4 is 17.7 Å². The minimum Gasteiger partial charge on any atom is -1.00 e. The number of fused-ring (bicyclic) bond motifs is 5. The maximum atomic E-state index is 13.8. The topological polar surface area (TPSA) is 102 Å². The molecule has 0 spiro atoms. The van der Waals surface area contributed by atoms with E-state index < -0.39 is 11.6 Å². The maximum Gasteiger partial charge on any atom is 0.348 e. The highest BCUT2D eigenvalue weighted by Crippen LogP contribution is 2.42. The number of aliphatic hydroxyl groups is 1. The molecule has 37 heavy (non-hydrogen) atoms. The van der Waals surface area contributed by atoms with E-state index in [1.807, 2.05) is 48.5 Å². The van der Waals surface area contributed by atoms with E-state index in [4.69, 9.17) is 9.26 Å². The molecule has 0 radical (unpaired) electrons. The van der Waals surface area contributed by atoms with E-state index in [0.29, 0.717) is 40.2 Å². The lowest BCUT2D eigenvalue weighted by atomic mass is 9.74. The summed E-state index contributed by atoms with van der Waals surface area (Å²) in [6.07, 6.45) is 2.06. The van der Waals surface area contributed by atoms with Crippen molar-refractivity contribution in [1.82, 2.24) is 5.16 Å². The summed E-state index contributed by atoms with van der Waals surface area (Å²) in [5, 5.41) is 18.6. The largest absolute Gasteiger partial charge is 1.00 e. The summed E-state index contributed by atoms with van der Waals surface area (Å²) in [5.41, 5.74) is 1.16. The molecule has 2 bridgehead atoms. The number of aromatic nitrogens is 1. The van der Waals surface area contributed by atoms with Crippen molar-refractivity contribution in [3.05, 3.63) is 82.6 Å². The van der Waals surface area contributed by atoms with Crippen LogP contribution in [0, 0.1) is 12.8 Å². The number of anilines is 1. The van der Waals surface area contributed by atoms with Crippen LogP contribution in [0.5, 0.6) is 0 Å². The minimum atomic E-state index is -1.86. The van der Waals surface area contributed by atoms with Crippen LogP contribution in [0.15, 0.2) is 59.1 Å². The standard InChI is InChI=1S/C28H29N3O5.BrH/c1-18-14-25(30-36-18)29-26(32)17-31-12-10-19(11-13-31)24(16-31)35-27(33)28(34)22-8-4-2-6-20(22)15-21-7-3-5-9-23(21)28;/h2-9,14,19,24,34H,10-13,15-17H2,1H3;1H. The number of rotatable bonds is 5. The average molecular weight is 568 g/mol. The predicted molar refractivity (Wildman–Crippen MR) is 131 cm³/mol. The van der Waals surface area contributed by atoms with Gasteiger partial charge in [-0.1, -0.05) is 53.7 Å². The van der Waals surface area contributed by atoms with E-state index in [2.05, 4.69) is 10.5 Å². The number of carbonyl (C=O) groups is 2. The molecule has 3 fully saturated rings. The van der Waals surface area contributed by atoms with Crippen LogP contribution >= 0.6 is 0 Å². The first-order chi connectivity index (χ1) is 17.4. The van der Waals surface area contributed by atoms with Crippen molar-refractivity contribution in [2.24, 2.45) is 5.92 Å². The zero-order chi connectivity index (χ0) is 24.9. The monoisotopic (exact) mass is 567 g/mol. The number of aryl methyl sites for hydroxylation is 1. The molecular formula is C28H30BrN3O5. The Labute approximate surface area is 226 Å². The lowest BCUT2D eigenvalue weighted by molar-refractivity contribution is -0.939. The number of halogens is 1. The Morgan fingerprint density at radius 3 is 2.32 bits per heavy atom. The van der Waals surface area contributed by atoms with Gasteiger partial charge in [-0.3, -0.25) is 4.79 Å². The molecule has 8 nitrogen and oxygen atoms in total. The smallest absolute Gasteiger partial charge is 0.348 e. The highest BCUT2D eigenvalue weighted by atomic mass is 79.9. The normalized spacial score (nSPS) is 24.8. The Morgan fingerprint density at radius 2 is 1.73 bits per heavy atom. The zero-order valence-electron chi connectivity index (χ0n) is 20.7. The third-order valence-corrected chi connectivity index (χ3v) is 8.16. The molecule has 9 heteroatoms. The summed E-state index contributed by atoms with van der Waals surface area (Å²) in [4.78, 5) is 26.6. The molecule has 0 saturated carbocycles. The molecule has 4 heterocycles. The number of esters is 1. The Balaban J connectivity index is 0.00000280. The Kier molecular flexibility index (Phi) is 6.72. The van der Waals surface area contributed by atoms with Gasteiger partial charge < -0.3 is 41.1 Å². The molecule has 3 aromatic rings. The van der Waals surface area contributed by atoms with Crippen LogP contribution in [-0.2, 0) is 26.3 Å². The van der Waals surface area contributed by atoms with Crippen molar-refractivity contribution < 1.29 is 45.4 Å². The van der Waals surface area contributed by atoms with Gasteiger partial charge in [-0.05, 0) is 24.5 Å². The fraction of sp³-hybridized carbons (Fsp3) is 0.393. The van der Waals surface area contributed by atoms with E-state index in [0.717, 1.165) is 37.1 Å². The van der Waals surface area contributed by atoms with E-state index in [1.54, 1.807) is 13.0 Å². The molecule has 1 aliphatic carbocycles. The highest BCUT2D eigenvalue weighted by Gasteiger charge is 2.52. The number of quaternary nitrogens is 1. The molecule has 1 atom stereocenters. The number of benzene rings is 2. The number of ether oxygens (including phenoxy) is 1. The van der Waals surface area contributed by atoms with Crippen molar-refractivity contribution in [2.75, 3.05) is 31.5 Å². The van der Waals surface area contributed by atoms with Gasteiger partial charge in [-0.15, -0.1) is 0 Å². The van der Waals surface area contributed by atoms with Crippen LogP contribution in [0.2, 0.25) is 0 Å². The van der Waals surface area contributed by atoms with E-state index in [9.17, 15) is 14.7 Å². The van der Waals surface area contributed by atoms with Crippen LogP contribution in [-0.4, -0.2) is 58.9 Å². The number of nitrogens with one attached hydrogen (secondary N) is 1. The van der Waals surface area contributed by atoms with Crippen LogP contribution in [0.1, 0.15) is 40.9 Å². The highest BCUT2D eigenvalue weighted by molar-refractivity contribution is 5.90. The van der Waals surface area contributed by atoms with Gasteiger partial charge in [0.15, 0.2) is 18.5 Å². The summed E-state index contributed by atoms with van der Waals surface area (Å²) in [6.45, 7) is 4.33. The number of carbonyl (C=O) groups excluding carboxylic acids is 2. The first-order valence-corrected chi connectivity index (χ1v) is 12.5. The SMILES string of the molecule is Cc1cc(NC(=O)C[N+]23CCC(CC2)C(OC(=O)C2(O)c4ccccc4Cc4ccccc42)C3)no1.[Br-]. The molecule has 194 valence electrons. The number of hydrogen-bond acceptors (Lipinski definition) is 6. The van der Waals surface area contributed by atoms with Crippen LogP contribution < -0.4 is 22.3 Å². The van der Waals surface area contributed by atoms with Gasteiger partial charge in [0.1, 0.15) is 12.3 Å². The van der Waals surface area contributed by atoms with Crippen LogP contribution in [0.25, 0.3) is 0 Å². The molecule has 7 rings (SSSR count). The predicted octanol–water partition coefficient (Wildman–Crippen LogP) is -0.0820. The second-order valence-corrected chi connectivity index (χ2v) is 10.5. The Morgan fingerprint density at radius 1 is 1.11 bits per heavy atom. The van der Waals surface area contributed by atoms with Gasteiger partial charge in [-0.25, -0.2) is 4.79 Å². The molecule has 2 N–H and O–H groups in total. The second-order valence-electron chi connectivity index (χ2n) is 10.5. The first kappa shape index (κ1) is 25.6. The lowest BCUT2D eigenvalue weighted by Gasteiger charge is -2.51. The summed E-state index contributed by atoms with van der Waals surface area (Å²) in [5.74, 6) is 0.492. The van der Waals surface area contributed by atoms with Gasteiger partial charge >= 0.3 is 5.97 Å². The van der Waals surface area contributed by atoms with Crippen molar-refractivity contribution in [2.45, 2.75) is 37.9 Å². The number of hydrogen-bond donors (Lipinski definition) is 2. The van der Waals surface area contributed by atoms with E-state index in [-0.39, 0.29) is 41.5 Å². The minimum absolute atomic E-state index is 0. The van der Waals surface area contributed by atoms with Gasteiger partial charge in [-0.2, -0.15) is 0 Å². The molecule has 3 saturated heterocycles. The van der Waals surface area contributed by atoms with Gasteiger partial charge in [0, 0.05) is 36.0 Å². The average Bonchev–Trinajstić information content (AvgIpc) is 3.28. The molecule has 1 amide bonds. The summed E-state index contributed by atoms with van der Waals surface area (Å²) >= 11 is 0. The second kappa shape index (κ2) is 9.70. The summed E-state index contributed by atoms with van der Waals surface area (Å²) in [6, 6.07) is 16.7. The van der Waals surface area contributed by atoms with Crippen LogP contribution in [0.4, 0.5) is 5.82 Å². The Hall–Kier alpha value is -3.01. The molecule has 2 aromatic carbocycles. The van der Waals surface area contributed by atoms with Gasteiger partial charge in [0.05, 0.1) is 13.1 Å². The van der Waals surface area contributed by atoms with Crippen molar-refractivity contribution in [3.63, 3.8) is 0 Å². The third kappa shape index (κ3) is 4.49. The number of piperidine rings is 3. The van der Waals surface area contributed by atoms with E-state index in [1.165, 1.54) is 0 Å². The molecular weight excluding hydrogens is 538 g/mol. The quantitative estimate of drug-likeness (QED) is 0.330. The molecule has 4 aliphatic rings. The Bertz CT molecular complexity index is 1290. The number of amides is 1. The molecule has 1 unspecified atom stereocenters. The lowest BCUT2D eigenvalue weighted by Crippen LogP contribution is -3.00. The zero-order valence-corrected chi connectivity index (χ0v) is 22.2. The summed E-state index contributed by atoms with van der Waals surface area (Å²) < 4.78 is 11.7. The van der Waals surface area contributed by atoms with Crippen molar-refractivity contribution in [1.29, 1.82) is 0 Å². The number of nitrogens with zero attached hydrogens (tertiary/aromatic N) is 2. The summed E-state index contributed by atoms with van der Waals surface area (Å²) in [7, 11) is 0. The fourth-order valence-corrected chi connectivity index (χ4v) is 6.34. The van der Waals surface area contributed by atoms with Crippen molar-refractivity contribution in [3.8, 4) is 0 Å². The fourth-order valence-electron chi connectivity index (χ4n) is 6.34. The maximum absolute atomic E-state index is 13.8. The van der Waals surface area contributed by atoms with Gasteiger partial charge in [0.2, 0.25) is 5.60 Å². The van der Waals surface area contributed by atoms with Gasteiger partial charge in [0.25, 0.3) is 5.91 Å². The first-order valence-electron chi connectivity index (χ1n) is 12.5.